The largest absolute Gasteiger partial charge is 0.385 e. The molecule has 0 aliphatic carbocycles. The molecule has 3 nitrogen and oxygen atoms in total. The minimum atomic E-state index is -0.169. The molecule has 0 fully saturated rings. The van der Waals surface area contributed by atoms with Crippen LogP contribution in [0.5, 0.6) is 0 Å². The van der Waals surface area contributed by atoms with E-state index in [1.165, 1.54) is 11.8 Å². The zero-order valence-corrected chi connectivity index (χ0v) is 14.7. The fourth-order valence-corrected chi connectivity index (χ4v) is 3.20. The molecule has 0 heterocycles. The Morgan fingerprint density at radius 2 is 1.78 bits per heavy atom. The summed E-state index contributed by atoms with van der Waals surface area (Å²) in [6, 6.07) is 17.6. The minimum Gasteiger partial charge on any atom is -0.385 e. The maximum absolute atomic E-state index is 12.1. The van der Waals surface area contributed by atoms with Crippen LogP contribution in [-0.2, 0) is 4.79 Å². The lowest BCUT2D eigenvalue weighted by molar-refractivity contribution is -0.120. The molecule has 0 saturated heterocycles. The van der Waals surface area contributed by atoms with E-state index >= 15 is 0 Å². The van der Waals surface area contributed by atoms with Crippen molar-refractivity contribution >= 4 is 35.0 Å². The average Bonchev–Trinajstić information content (AvgIpc) is 2.57. The average molecular weight is 349 g/mol. The first-order valence-corrected chi connectivity index (χ1v) is 8.90. The summed E-state index contributed by atoms with van der Waals surface area (Å²) in [4.78, 5) is 13.0. The molecule has 2 aromatic rings. The summed E-state index contributed by atoms with van der Waals surface area (Å²) in [6.45, 7) is 3.38. The van der Waals surface area contributed by atoms with E-state index in [0.29, 0.717) is 11.6 Å². The molecule has 1 amide bonds. The van der Waals surface area contributed by atoms with Gasteiger partial charge in [-0.2, -0.15) is 0 Å². The summed E-state index contributed by atoms with van der Waals surface area (Å²) in [5.41, 5.74) is 1.10. The van der Waals surface area contributed by atoms with Crippen LogP contribution in [0.2, 0.25) is 5.02 Å². The third kappa shape index (κ3) is 6.16. The van der Waals surface area contributed by atoms with E-state index in [1.54, 1.807) is 0 Å². The highest BCUT2D eigenvalue weighted by atomic mass is 35.5. The van der Waals surface area contributed by atoms with Crippen LogP contribution in [0.1, 0.15) is 13.3 Å². The van der Waals surface area contributed by atoms with Gasteiger partial charge in [-0.3, -0.25) is 4.79 Å². The Labute approximate surface area is 146 Å². The number of halogens is 1. The van der Waals surface area contributed by atoms with Gasteiger partial charge in [-0.25, -0.2) is 0 Å². The fraction of sp³-hybridized carbons (Fsp3) is 0.278. The van der Waals surface area contributed by atoms with Crippen LogP contribution < -0.4 is 10.6 Å². The van der Waals surface area contributed by atoms with Crippen LogP contribution in [0.25, 0.3) is 0 Å². The number of carbonyl (C=O) groups excluding carboxylic acids is 1. The molecule has 2 aromatic carbocycles. The van der Waals surface area contributed by atoms with Crippen molar-refractivity contribution in [3.8, 4) is 0 Å². The van der Waals surface area contributed by atoms with Crippen LogP contribution in [0, 0.1) is 0 Å². The predicted octanol–water partition coefficient (Wildman–Crippen LogP) is 4.44. The van der Waals surface area contributed by atoms with Crippen LogP contribution in [0.15, 0.2) is 59.5 Å². The highest BCUT2D eigenvalue weighted by Gasteiger charge is 2.14. The molecule has 0 spiro atoms. The number of para-hydroxylation sites is 1. The molecule has 122 valence electrons. The van der Waals surface area contributed by atoms with Crippen LogP contribution in [0.4, 0.5) is 5.69 Å². The van der Waals surface area contributed by atoms with Gasteiger partial charge in [-0.15, -0.1) is 11.8 Å². The standard InChI is InChI=1S/C18H21ClN2OS/c1-14(23-17-11-6-5-10-16(17)19)18(22)21-13-7-12-20-15-8-3-2-4-9-15/h2-6,8-11,14,20H,7,12-13H2,1H3,(H,21,22). The smallest absolute Gasteiger partial charge is 0.233 e. The van der Waals surface area contributed by atoms with Gasteiger partial charge in [0.15, 0.2) is 0 Å². The van der Waals surface area contributed by atoms with Gasteiger partial charge in [0, 0.05) is 23.7 Å². The second-order valence-corrected chi connectivity index (χ2v) is 6.92. The van der Waals surface area contributed by atoms with Gasteiger partial charge >= 0.3 is 0 Å². The van der Waals surface area contributed by atoms with Gasteiger partial charge < -0.3 is 10.6 Å². The maximum Gasteiger partial charge on any atom is 0.233 e. The van der Waals surface area contributed by atoms with Gasteiger partial charge in [0.05, 0.1) is 10.3 Å². The summed E-state index contributed by atoms with van der Waals surface area (Å²) < 4.78 is 0. The van der Waals surface area contributed by atoms with Gasteiger partial charge in [0.1, 0.15) is 0 Å². The number of amides is 1. The molecule has 5 heteroatoms. The molecule has 0 bridgehead atoms. The molecule has 0 aliphatic rings. The Balaban J connectivity index is 1.65. The molecule has 2 N–H and O–H groups in total. The number of rotatable bonds is 8. The van der Waals surface area contributed by atoms with E-state index in [-0.39, 0.29) is 11.2 Å². The summed E-state index contributed by atoms with van der Waals surface area (Å²) in [5.74, 6) is 0.0367. The number of thioether (sulfide) groups is 1. The van der Waals surface area contributed by atoms with E-state index in [1.807, 2.05) is 61.5 Å². The predicted molar refractivity (Wildman–Crippen MR) is 99.3 cm³/mol. The van der Waals surface area contributed by atoms with Crippen LogP contribution >= 0.6 is 23.4 Å². The first-order chi connectivity index (χ1) is 11.2. The number of hydrogen-bond donors (Lipinski definition) is 2. The van der Waals surface area contributed by atoms with Crippen LogP contribution in [-0.4, -0.2) is 24.2 Å². The lowest BCUT2D eigenvalue weighted by atomic mass is 10.3. The molecule has 0 radical (unpaired) electrons. The van der Waals surface area contributed by atoms with Gasteiger partial charge in [-0.05, 0) is 37.6 Å². The van der Waals surface area contributed by atoms with Gasteiger partial charge in [0.2, 0.25) is 5.91 Å². The number of benzene rings is 2. The van der Waals surface area contributed by atoms with E-state index in [0.717, 1.165) is 23.5 Å². The number of carbonyl (C=O) groups is 1. The Morgan fingerprint density at radius 1 is 1.09 bits per heavy atom. The van der Waals surface area contributed by atoms with E-state index in [9.17, 15) is 4.79 Å². The minimum absolute atomic E-state index is 0.0367. The number of nitrogens with one attached hydrogen (secondary N) is 2. The Morgan fingerprint density at radius 3 is 2.52 bits per heavy atom. The zero-order chi connectivity index (χ0) is 16.5. The molecular weight excluding hydrogens is 328 g/mol. The second kappa shape index (κ2) is 9.48. The summed E-state index contributed by atoms with van der Waals surface area (Å²) >= 11 is 7.60. The van der Waals surface area contributed by atoms with Crippen molar-refractivity contribution in [3.05, 3.63) is 59.6 Å². The molecular formula is C18H21ClN2OS. The third-order valence-electron chi connectivity index (χ3n) is 3.27. The molecule has 0 aromatic heterocycles. The van der Waals surface area contributed by atoms with Gasteiger partial charge in [-0.1, -0.05) is 41.9 Å². The van der Waals surface area contributed by atoms with Crippen molar-refractivity contribution in [2.75, 3.05) is 18.4 Å². The first-order valence-electron chi connectivity index (χ1n) is 7.64. The molecule has 0 saturated carbocycles. The second-order valence-electron chi connectivity index (χ2n) is 5.13. The van der Waals surface area contributed by atoms with E-state index < -0.39 is 0 Å². The van der Waals surface area contributed by atoms with Crippen molar-refractivity contribution < 1.29 is 4.79 Å². The summed E-state index contributed by atoms with van der Waals surface area (Å²) in [5, 5.41) is 6.80. The molecule has 2 rings (SSSR count). The summed E-state index contributed by atoms with van der Waals surface area (Å²) in [6.07, 6.45) is 0.879. The van der Waals surface area contributed by atoms with Crippen molar-refractivity contribution in [2.45, 2.75) is 23.5 Å². The first kappa shape index (κ1) is 17.7. The number of hydrogen-bond acceptors (Lipinski definition) is 3. The lowest BCUT2D eigenvalue weighted by Gasteiger charge is -2.13. The topological polar surface area (TPSA) is 41.1 Å². The molecule has 1 atom stereocenters. The maximum atomic E-state index is 12.1. The third-order valence-corrected chi connectivity index (χ3v) is 4.88. The molecule has 1 unspecified atom stereocenters. The lowest BCUT2D eigenvalue weighted by Crippen LogP contribution is -2.32. The van der Waals surface area contributed by atoms with Crippen molar-refractivity contribution in [3.63, 3.8) is 0 Å². The SMILES string of the molecule is CC(Sc1ccccc1Cl)C(=O)NCCCNc1ccccc1. The van der Waals surface area contributed by atoms with Crippen molar-refractivity contribution in [1.82, 2.24) is 5.32 Å². The Bertz CT molecular complexity index is 621. The van der Waals surface area contributed by atoms with E-state index in [4.69, 9.17) is 11.6 Å². The zero-order valence-electron chi connectivity index (χ0n) is 13.1. The van der Waals surface area contributed by atoms with Crippen molar-refractivity contribution in [2.24, 2.45) is 0 Å². The summed E-state index contributed by atoms with van der Waals surface area (Å²) in [7, 11) is 0. The normalized spacial score (nSPS) is 11.7. The van der Waals surface area contributed by atoms with Gasteiger partial charge in [0.25, 0.3) is 0 Å². The van der Waals surface area contributed by atoms with Crippen molar-refractivity contribution in [1.29, 1.82) is 0 Å². The van der Waals surface area contributed by atoms with E-state index in [2.05, 4.69) is 10.6 Å². The Kier molecular flexibility index (Phi) is 7.30. The fourth-order valence-electron chi connectivity index (χ4n) is 2.02. The molecule has 0 aliphatic heterocycles. The molecule has 23 heavy (non-hydrogen) atoms. The van der Waals surface area contributed by atoms with Crippen LogP contribution in [0.3, 0.4) is 0 Å². The highest BCUT2D eigenvalue weighted by Crippen LogP contribution is 2.29. The highest BCUT2D eigenvalue weighted by molar-refractivity contribution is 8.00. The Hall–Kier alpha value is -1.65. The quantitative estimate of drug-likeness (QED) is 0.547. The monoisotopic (exact) mass is 348 g/mol. The number of anilines is 1.